The number of ether oxygens (including phenoxy) is 1. The average Bonchev–Trinajstić information content (AvgIpc) is 2.95. The van der Waals surface area contributed by atoms with Crippen LogP contribution >= 0.6 is 11.8 Å². The van der Waals surface area contributed by atoms with Gasteiger partial charge in [-0.25, -0.2) is 9.59 Å². The lowest BCUT2D eigenvalue weighted by Crippen LogP contribution is -2.50. The molecule has 7 nitrogen and oxygen atoms in total. The molecule has 1 heterocycles. The number of carbonyl (C=O) groups excluding carboxylic acids is 2. The Morgan fingerprint density at radius 2 is 2.20 bits per heavy atom. The molecular formula is C12H20N2O5S. The standard InChI is InChI=1S/C12H20N2O5S/c1-14(8-5-6-20-7-8)12(18)13-9(11(16)17)3-4-10(15)19-2/h8-9H,3-7H2,1-2H3,(H,13,18)(H,16,17)/t8?,9-/m1/s1. The van der Waals surface area contributed by atoms with Crippen LogP contribution in [-0.2, 0) is 14.3 Å². The number of hydrogen-bond donors (Lipinski definition) is 2. The molecule has 20 heavy (non-hydrogen) atoms. The van der Waals surface area contributed by atoms with Gasteiger partial charge in [-0.15, -0.1) is 0 Å². The molecular weight excluding hydrogens is 284 g/mol. The summed E-state index contributed by atoms with van der Waals surface area (Å²) in [6.45, 7) is 0. The molecule has 114 valence electrons. The normalized spacial score (nSPS) is 19.2. The first-order chi connectivity index (χ1) is 9.45. The van der Waals surface area contributed by atoms with Gasteiger partial charge in [0.15, 0.2) is 0 Å². The highest BCUT2D eigenvalue weighted by atomic mass is 32.2. The maximum atomic E-state index is 12.0. The van der Waals surface area contributed by atoms with Crippen molar-refractivity contribution in [1.82, 2.24) is 10.2 Å². The second-order valence-corrected chi connectivity index (χ2v) is 5.73. The van der Waals surface area contributed by atoms with Crippen molar-refractivity contribution in [3.63, 3.8) is 0 Å². The Hall–Kier alpha value is -1.44. The van der Waals surface area contributed by atoms with E-state index in [9.17, 15) is 14.4 Å². The number of thioether (sulfide) groups is 1. The number of nitrogens with one attached hydrogen (secondary N) is 1. The van der Waals surface area contributed by atoms with Crippen LogP contribution in [0.15, 0.2) is 0 Å². The highest BCUT2D eigenvalue weighted by Crippen LogP contribution is 2.21. The molecule has 0 bridgehead atoms. The third-order valence-corrected chi connectivity index (χ3v) is 4.38. The van der Waals surface area contributed by atoms with E-state index in [2.05, 4.69) is 10.1 Å². The third kappa shape index (κ3) is 4.92. The molecule has 0 spiro atoms. The Bertz CT molecular complexity index is 371. The molecule has 2 amide bonds. The maximum Gasteiger partial charge on any atom is 0.326 e. The van der Waals surface area contributed by atoms with Crippen molar-refractivity contribution in [3.8, 4) is 0 Å². The summed E-state index contributed by atoms with van der Waals surface area (Å²) in [5.74, 6) is 0.221. The van der Waals surface area contributed by atoms with Gasteiger partial charge in [-0.05, 0) is 18.6 Å². The third-order valence-electron chi connectivity index (χ3n) is 3.23. The molecule has 0 aromatic heterocycles. The summed E-state index contributed by atoms with van der Waals surface area (Å²) < 4.78 is 4.46. The summed E-state index contributed by atoms with van der Waals surface area (Å²) in [5, 5.41) is 11.5. The van der Waals surface area contributed by atoms with Crippen LogP contribution < -0.4 is 5.32 Å². The number of carboxylic acid groups (broad SMARTS) is 1. The summed E-state index contributed by atoms with van der Waals surface area (Å²) in [5.41, 5.74) is 0. The van der Waals surface area contributed by atoms with Crippen LogP contribution in [0.3, 0.4) is 0 Å². The van der Waals surface area contributed by atoms with Gasteiger partial charge in [0.25, 0.3) is 0 Å². The summed E-state index contributed by atoms with van der Waals surface area (Å²) in [6.07, 6.45) is 0.881. The summed E-state index contributed by atoms with van der Waals surface area (Å²) in [4.78, 5) is 35.6. The molecule has 1 fully saturated rings. The van der Waals surface area contributed by atoms with E-state index in [1.165, 1.54) is 12.0 Å². The molecule has 2 atom stereocenters. The van der Waals surface area contributed by atoms with Crippen LogP contribution in [0, 0.1) is 0 Å². The molecule has 1 saturated heterocycles. The zero-order valence-corrected chi connectivity index (χ0v) is 12.4. The van der Waals surface area contributed by atoms with Crippen molar-refractivity contribution in [2.45, 2.75) is 31.3 Å². The first-order valence-corrected chi connectivity index (χ1v) is 7.52. The molecule has 2 N–H and O–H groups in total. The zero-order chi connectivity index (χ0) is 15.1. The van der Waals surface area contributed by atoms with E-state index in [1.807, 2.05) is 0 Å². The molecule has 0 aromatic carbocycles. The number of methoxy groups -OCH3 is 1. The van der Waals surface area contributed by atoms with Crippen LogP contribution in [0.1, 0.15) is 19.3 Å². The summed E-state index contributed by atoms with van der Waals surface area (Å²) in [7, 11) is 2.90. The van der Waals surface area contributed by atoms with Crippen molar-refractivity contribution < 1.29 is 24.2 Å². The van der Waals surface area contributed by atoms with E-state index in [1.54, 1.807) is 18.8 Å². The summed E-state index contributed by atoms with van der Waals surface area (Å²) >= 11 is 1.77. The minimum atomic E-state index is -1.16. The number of amides is 2. The lowest BCUT2D eigenvalue weighted by atomic mass is 10.1. The number of rotatable bonds is 6. The quantitative estimate of drug-likeness (QED) is 0.695. The number of esters is 1. The number of urea groups is 1. The van der Waals surface area contributed by atoms with Crippen LogP contribution in [-0.4, -0.2) is 65.7 Å². The van der Waals surface area contributed by atoms with Gasteiger partial charge in [-0.3, -0.25) is 4.79 Å². The van der Waals surface area contributed by atoms with Crippen molar-refractivity contribution >= 4 is 29.7 Å². The predicted octanol–water partition coefficient (Wildman–Crippen LogP) is 0.540. The average molecular weight is 304 g/mol. The second kappa shape index (κ2) is 7.98. The Labute approximate surface area is 122 Å². The number of carbonyl (C=O) groups is 3. The molecule has 0 aromatic rings. The van der Waals surface area contributed by atoms with Crippen LogP contribution in [0.25, 0.3) is 0 Å². The molecule has 0 radical (unpaired) electrons. The van der Waals surface area contributed by atoms with E-state index in [0.717, 1.165) is 17.9 Å². The molecule has 1 aliphatic heterocycles. The van der Waals surface area contributed by atoms with Crippen LogP contribution in [0.2, 0.25) is 0 Å². The smallest absolute Gasteiger partial charge is 0.326 e. The highest BCUT2D eigenvalue weighted by Gasteiger charge is 2.27. The minimum Gasteiger partial charge on any atom is -0.480 e. The fraction of sp³-hybridized carbons (Fsp3) is 0.750. The fourth-order valence-corrected chi connectivity index (χ4v) is 3.13. The van der Waals surface area contributed by atoms with Gasteiger partial charge < -0.3 is 20.1 Å². The molecule has 1 rings (SSSR count). The highest BCUT2D eigenvalue weighted by molar-refractivity contribution is 7.99. The summed E-state index contributed by atoms with van der Waals surface area (Å²) in [6, 6.07) is -1.37. The van der Waals surface area contributed by atoms with E-state index in [4.69, 9.17) is 5.11 Å². The number of hydrogen-bond acceptors (Lipinski definition) is 5. The van der Waals surface area contributed by atoms with E-state index in [-0.39, 0.29) is 18.9 Å². The SMILES string of the molecule is COC(=O)CC[C@@H](NC(=O)N(C)C1CCSC1)C(=O)O. The van der Waals surface area contributed by atoms with E-state index < -0.39 is 24.0 Å². The molecule has 0 aliphatic carbocycles. The largest absolute Gasteiger partial charge is 0.480 e. The Balaban J connectivity index is 2.49. The van der Waals surface area contributed by atoms with Gasteiger partial charge in [0.2, 0.25) is 0 Å². The van der Waals surface area contributed by atoms with Crippen molar-refractivity contribution in [2.75, 3.05) is 25.7 Å². The minimum absolute atomic E-state index is 0.0149. The van der Waals surface area contributed by atoms with Gasteiger partial charge in [-0.1, -0.05) is 0 Å². The maximum absolute atomic E-state index is 12.0. The topological polar surface area (TPSA) is 95.9 Å². The van der Waals surface area contributed by atoms with Crippen LogP contribution in [0.4, 0.5) is 4.79 Å². The van der Waals surface area contributed by atoms with Crippen molar-refractivity contribution in [2.24, 2.45) is 0 Å². The first-order valence-electron chi connectivity index (χ1n) is 6.36. The zero-order valence-electron chi connectivity index (χ0n) is 11.6. The van der Waals surface area contributed by atoms with Gasteiger partial charge in [0, 0.05) is 25.3 Å². The van der Waals surface area contributed by atoms with Gasteiger partial charge in [0.05, 0.1) is 7.11 Å². The molecule has 0 saturated carbocycles. The Morgan fingerprint density at radius 3 is 2.70 bits per heavy atom. The van der Waals surface area contributed by atoms with Crippen LogP contribution in [0.5, 0.6) is 0 Å². The lowest BCUT2D eigenvalue weighted by Gasteiger charge is -2.26. The lowest BCUT2D eigenvalue weighted by molar-refractivity contribution is -0.142. The predicted molar refractivity (Wildman–Crippen MR) is 74.7 cm³/mol. The fourth-order valence-electron chi connectivity index (χ4n) is 1.87. The van der Waals surface area contributed by atoms with Gasteiger partial charge >= 0.3 is 18.0 Å². The monoisotopic (exact) mass is 304 g/mol. The molecule has 8 heteroatoms. The Morgan fingerprint density at radius 1 is 1.50 bits per heavy atom. The molecule has 1 aliphatic rings. The molecule has 1 unspecified atom stereocenters. The second-order valence-electron chi connectivity index (χ2n) is 4.58. The van der Waals surface area contributed by atoms with Crippen molar-refractivity contribution in [1.29, 1.82) is 0 Å². The van der Waals surface area contributed by atoms with Gasteiger partial charge in [0.1, 0.15) is 6.04 Å². The van der Waals surface area contributed by atoms with E-state index in [0.29, 0.717) is 0 Å². The number of aliphatic carboxylic acids is 1. The Kier molecular flexibility index (Phi) is 6.63. The number of carboxylic acids is 1. The first kappa shape index (κ1) is 16.6. The van der Waals surface area contributed by atoms with Gasteiger partial charge in [-0.2, -0.15) is 11.8 Å². The van der Waals surface area contributed by atoms with E-state index >= 15 is 0 Å². The number of nitrogens with zero attached hydrogens (tertiary/aromatic N) is 1. The van der Waals surface area contributed by atoms with Crippen molar-refractivity contribution in [3.05, 3.63) is 0 Å².